The van der Waals surface area contributed by atoms with Gasteiger partial charge >= 0.3 is 0 Å². The minimum Gasteiger partial charge on any atom is -0.333 e. The van der Waals surface area contributed by atoms with Crippen LogP contribution in [0.1, 0.15) is 22.3 Å². The van der Waals surface area contributed by atoms with Crippen molar-refractivity contribution in [1.29, 1.82) is 0 Å². The Morgan fingerprint density at radius 3 is 2.50 bits per heavy atom. The lowest BCUT2D eigenvalue weighted by Gasteiger charge is -2.12. The quantitative estimate of drug-likeness (QED) is 0.687. The van der Waals surface area contributed by atoms with Crippen molar-refractivity contribution < 1.29 is 4.79 Å². The van der Waals surface area contributed by atoms with Crippen LogP contribution in [0.15, 0.2) is 35.5 Å². The molecule has 2 N–H and O–H groups in total. The third-order valence-corrected chi connectivity index (χ3v) is 4.77. The van der Waals surface area contributed by atoms with Crippen LogP contribution >= 0.6 is 11.8 Å². The number of carbonyl (C=O) groups excluding carboxylic acids is 1. The van der Waals surface area contributed by atoms with Gasteiger partial charge in [-0.1, -0.05) is 35.5 Å². The van der Waals surface area contributed by atoms with Gasteiger partial charge in [0.05, 0.1) is 16.8 Å². The van der Waals surface area contributed by atoms with E-state index in [1.165, 1.54) is 22.9 Å². The average molecular weight is 339 g/mol. The zero-order valence-electron chi connectivity index (χ0n) is 14.4. The van der Waals surface area contributed by atoms with Crippen molar-refractivity contribution in [3.8, 4) is 0 Å². The van der Waals surface area contributed by atoms with Crippen LogP contribution in [-0.4, -0.2) is 21.6 Å². The Morgan fingerprint density at radius 2 is 1.79 bits per heavy atom. The number of hydrogen-bond donors (Lipinski definition) is 2. The molecule has 5 heteroatoms. The van der Waals surface area contributed by atoms with Crippen LogP contribution in [0, 0.1) is 27.7 Å². The molecule has 24 heavy (non-hydrogen) atoms. The third kappa shape index (κ3) is 3.62. The van der Waals surface area contributed by atoms with Crippen molar-refractivity contribution in [2.75, 3.05) is 11.1 Å². The van der Waals surface area contributed by atoms with Gasteiger partial charge in [-0.05, 0) is 56.5 Å². The van der Waals surface area contributed by atoms with Crippen LogP contribution < -0.4 is 5.32 Å². The predicted octanol–water partition coefficient (Wildman–Crippen LogP) is 4.53. The summed E-state index contributed by atoms with van der Waals surface area (Å²) in [7, 11) is 0. The van der Waals surface area contributed by atoms with E-state index in [1.807, 2.05) is 32.9 Å². The van der Waals surface area contributed by atoms with E-state index in [0.717, 1.165) is 33.0 Å². The highest BCUT2D eigenvalue weighted by Gasteiger charge is 2.10. The Labute approximate surface area is 146 Å². The van der Waals surface area contributed by atoms with Crippen LogP contribution in [0.3, 0.4) is 0 Å². The van der Waals surface area contributed by atoms with Gasteiger partial charge in [0.15, 0.2) is 5.16 Å². The summed E-state index contributed by atoms with van der Waals surface area (Å²) in [6.45, 7) is 8.15. The first-order chi connectivity index (χ1) is 11.4. The maximum absolute atomic E-state index is 12.3. The van der Waals surface area contributed by atoms with Gasteiger partial charge in [-0.2, -0.15) is 0 Å². The minimum absolute atomic E-state index is 0.0216. The molecule has 0 spiro atoms. The molecular weight excluding hydrogens is 318 g/mol. The molecule has 0 saturated heterocycles. The molecule has 1 heterocycles. The number of aromatic nitrogens is 2. The summed E-state index contributed by atoms with van der Waals surface area (Å²) in [5.74, 6) is 0.303. The highest BCUT2D eigenvalue weighted by molar-refractivity contribution is 7.99. The van der Waals surface area contributed by atoms with Gasteiger partial charge in [-0.25, -0.2) is 4.98 Å². The Bertz CT molecular complexity index is 891. The second kappa shape index (κ2) is 6.69. The van der Waals surface area contributed by atoms with Crippen molar-refractivity contribution in [2.45, 2.75) is 32.9 Å². The Hall–Kier alpha value is -2.27. The fraction of sp³-hybridized carbons (Fsp3) is 0.263. The number of aryl methyl sites for hydroxylation is 4. The van der Waals surface area contributed by atoms with Gasteiger partial charge in [-0.15, -0.1) is 0 Å². The zero-order chi connectivity index (χ0) is 17.3. The first-order valence-corrected chi connectivity index (χ1v) is 8.88. The van der Waals surface area contributed by atoms with E-state index in [4.69, 9.17) is 0 Å². The molecule has 0 bridgehead atoms. The van der Waals surface area contributed by atoms with Gasteiger partial charge in [0.2, 0.25) is 5.91 Å². The van der Waals surface area contributed by atoms with Crippen LogP contribution in [-0.2, 0) is 4.79 Å². The maximum Gasteiger partial charge on any atom is 0.234 e. The van der Waals surface area contributed by atoms with Crippen molar-refractivity contribution in [1.82, 2.24) is 9.97 Å². The predicted molar refractivity (Wildman–Crippen MR) is 101 cm³/mol. The number of carbonyl (C=O) groups is 1. The summed E-state index contributed by atoms with van der Waals surface area (Å²) in [6.07, 6.45) is 0. The van der Waals surface area contributed by atoms with Gasteiger partial charge in [0, 0.05) is 5.69 Å². The van der Waals surface area contributed by atoms with Crippen molar-refractivity contribution in [2.24, 2.45) is 0 Å². The number of fused-ring (bicyclic) bond motifs is 1. The van der Waals surface area contributed by atoms with Gasteiger partial charge in [-0.3, -0.25) is 4.79 Å². The summed E-state index contributed by atoms with van der Waals surface area (Å²) in [5, 5.41) is 3.78. The summed E-state index contributed by atoms with van der Waals surface area (Å²) in [6, 6.07) is 10.2. The minimum atomic E-state index is -0.0216. The number of aromatic amines is 1. The molecule has 124 valence electrons. The van der Waals surface area contributed by atoms with E-state index in [2.05, 4.69) is 40.4 Å². The first kappa shape index (κ1) is 16.6. The van der Waals surface area contributed by atoms with E-state index in [9.17, 15) is 4.79 Å². The summed E-state index contributed by atoms with van der Waals surface area (Å²) >= 11 is 1.42. The van der Waals surface area contributed by atoms with Gasteiger partial charge < -0.3 is 10.3 Å². The fourth-order valence-corrected chi connectivity index (χ4v) is 3.54. The number of H-pyrrole nitrogens is 1. The molecule has 0 unspecified atom stereocenters. The molecule has 2 aromatic carbocycles. The van der Waals surface area contributed by atoms with E-state index in [1.54, 1.807) is 0 Å². The Balaban J connectivity index is 1.67. The number of imidazole rings is 1. The lowest BCUT2D eigenvalue weighted by Crippen LogP contribution is -2.16. The maximum atomic E-state index is 12.3. The molecule has 1 aromatic heterocycles. The Morgan fingerprint density at radius 1 is 1.08 bits per heavy atom. The smallest absolute Gasteiger partial charge is 0.234 e. The van der Waals surface area contributed by atoms with E-state index < -0.39 is 0 Å². The zero-order valence-corrected chi connectivity index (χ0v) is 15.2. The molecule has 3 rings (SSSR count). The highest BCUT2D eigenvalue weighted by atomic mass is 32.2. The molecule has 0 radical (unpaired) electrons. The molecule has 1 amide bonds. The third-order valence-electron chi connectivity index (χ3n) is 3.90. The number of benzene rings is 2. The molecule has 4 nitrogen and oxygen atoms in total. The van der Waals surface area contributed by atoms with Crippen LogP contribution in [0.5, 0.6) is 0 Å². The van der Waals surface area contributed by atoms with E-state index in [0.29, 0.717) is 5.75 Å². The summed E-state index contributed by atoms with van der Waals surface area (Å²) in [5.41, 5.74) is 7.40. The SMILES string of the molecule is Cc1cc(C)c(NC(=O)CSc2nc3ccc(C)cc3[nH]2)c(C)c1. The number of anilines is 1. The molecule has 0 aliphatic rings. The monoisotopic (exact) mass is 339 g/mol. The van der Waals surface area contributed by atoms with Crippen molar-refractivity contribution in [3.63, 3.8) is 0 Å². The van der Waals surface area contributed by atoms with Crippen LogP contribution in [0.2, 0.25) is 0 Å². The number of hydrogen-bond acceptors (Lipinski definition) is 3. The van der Waals surface area contributed by atoms with E-state index >= 15 is 0 Å². The lowest BCUT2D eigenvalue weighted by molar-refractivity contribution is -0.113. The van der Waals surface area contributed by atoms with Gasteiger partial charge in [0.25, 0.3) is 0 Å². The molecule has 0 atom stereocenters. The van der Waals surface area contributed by atoms with Gasteiger partial charge in [0.1, 0.15) is 0 Å². The summed E-state index contributed by atoms with van der Waals surface area (Å²) in [4.78, 5) is 20.0. The second-order valence-corrected chi connectivity index (χ2v) is 7.14. The number of nitrogens with one attached hydrogen (secondary N) is 2. The summed E-state index contributed by atoms with van der Waals surface area (Å²) < 4.78 is 0. The molecule has 0 aliphatic carbocycles. The van der Waals surface area contributed by atoms with Crippen LogP contribution in [0.4, 0.5) is 5.69 Å². The number of nitrogens with zero attached hydrogens (tertiary/aromatic N) is 1. The fourth-order valence-electron chi connectivity index (χ4n) is 2.86. The number of amides is 1. The largest absolute Gasteiger partial charge is 0.333 e. The molecule has 0 fully saturated rings. The molecule has 0 aliphatic heterocycles. The molecular formula is C19H21N3OS. The topological polar surface area (TPSA) is 57.8 Å². The number of rotatable bonds is 4. The molecule has 3 aromatic rings. The lowest BCUT2D eigenvalue weighted by atomic mass is 10.1. The van der Waals surface area contributed by atoms with Crippen LogP contribution in [0.25, 0.3) is 11.0 Å². The highest BCUT2D eigenvalue weighted by Crippen LogP contribution is 2.24. The van der Waals surface area contributed by atoms with E-state index in [-0.39, 0.29) is 5.91 Å². The van der Waals surface area contributed by atoms with Crippen molar-refractivity contribution >= 4 is 34.4 Å². The number of thioether (sulfide) groups is 1. The normalized spacial score (nSPS) is 11.0. The first-order valence-electron chi connectivity index (χ1n) is 7.89. The van der Waals surface area contributed by atoms with Crippen molar-refractivity contribution in [3.05, 3.63) is 52.6 Å². The molecule has 0 saturated carbocycles. The average Bonchev–Trinajstić information content (AvgIpc) is 2.90. The second-order valence-electron chi connectivity index (χ2n) is 6.17. The standard InChI is InChI=1S/C19H21N3OS/c1-11-5-6-15-16(9-11)21-19(20-15)24-10-17(23)22-18-13(3)7-12(2)8-14(18)4/h5-9H,10H2,1-4H3,(H,20,21)(H,22,23). The Kier molecular flexibility index (Phi) is 4.62.